The zero-order chi connectivity index (χ0) is 18.1. The second-order valence-electron chi connectivity index (χ2n) is 6.25. The number of hydrogen-bond donors (Lipinski definition) is 7. The second kappa shape index (κ2) is 10.6. The van der Waals surface area contributed by atoms with Crippen molar-refractivity contribution in [2.45, 2.75) is 37.5 Å². The van der Waals surface area contributed by atoms with Crippen LogP contribution in [-0.2, 0) is 9.59 Å². The molecule has 1 saturated carbocycles. The van der Waals surface area contributed by atoms with E-state index < -0.39 is 25.4 Å². The summed E-state index contributed by atoms with van der Waals surface area (Å²) in [5.74, 6) is -1.26. The van der Waals surface area contributed by atoms with Gasteiger partial charge in [0.1, 0.15) is 0 Å². The summed E-state index contributed by atoms with van der Waals surface area (Å²) in [5, 5.41) is 44.4. The van der Waals surface area contributed by atoms with Crippen molar-refractivity contribution in [1.29, 1.82) is 0 Å². The summed E-state index contributed by atoms with van der Waals surface area (Å²) in [6.45, 7) is -0.921. The van der Waals surface area contributed by atoms with Crippen LogP contribution in [0.25, 0.3) is 0 Å². The van der Waals surface area contributed by atoms with E-state index in [0.29, 0.717) is 19.3 Å². The Bertz CT molecular complexity index is 375. The van der Waals surface area contributed by atoms with Gasteiger partial charge in [-0.2, -0.15) is 0 Å². The van der Waals surface area contributed by atoms with Gasteiger partial charge in [0.05, 0.1) is 25.4 Å². The molecule has 0 aromatic heterocycles. The van der Waals surface area contributed by atoms with Gasteiger partial charge in [-0.25, -0.2) is 0 Å². The molecule has 140 valence electrons. The lowest BCUT2D eigenvalue weighted by Crippen LogP contribution is -2.47. The lowest BCUT2D eigenvalue weighted by atomic mass is 9.77. The maximum Gasteiger partial charge on any atom is 0.223 e. The SMILES string of the molecule is CNC1CC(C(=O)NCC(O)CO)CC(C(=O)NCC(O)CO)C1. The molecule has 0 aromatic rings. The minimum Gasteiger partial charge on any atom is -0.394 e. The molecule has 0 bridgehead atoms. The number of amides is 2. The second-order valence-corrected chi connectivity index (χ2v) is 6.25. The van der Waals surface area contributed by atoms with Crippen molar-refractivity contribution < 1.29 is 30.0 Å². The fraction of sp³-hybridized carbons (Fsp3) is 0.867. The van der Waals surface area contributed by atoms with Gasteiger partial charge in [-0.3, -0.25) is 9.59 Å². The van der Waals surface area contributed by atoms with E-state index >= 15 is 0 Å². The highest BCUT2D eigenvalue weighted by molar-refractivity contribution is 5.82. The first kappa shape index (κ1) is 20.8. The minimum atomic E-state index is -1.00. The number of aliphatic hydroxyl groups is 4. The highest BCUT2D eigenvalue weighted by Crippen LogP contribution is 2.29. The molecule has 24 heavy (non-hydrogen) atoms. The smallest absolute Gasteiger partial charge is 0.223 e. The molecule has 1 rings (SSSR count). The molecule has 4 atom stereocenters. The van der Waals surface area contributed by atoms with Crippen molar-refractivity contribution in [2.75, 3.05) is 33.4 Å². The van der Waals surface area contributed by atoms with Crippen LogP contribution in [-0.4, -0.2) is 83.8 Å². The fourth-order valence-corrected chi connectivity index (χ4v) is 2.84. The Morgan fingerprint density at radius 3 is 1.67 bits per heavy atom. The topological polar surface area (TPSA) is 151 Å². The molecular weight excluding hydrogens is 318 g/mol. The van der Waals surface area contributed by atoms with Gasteiger partial charge in [-0.05, 0) is 26.3 Å². The van der Waals surface area contributed by atoms with E-state index in [4.69, 9.17) is 10.2 Å². The van der Waals surface area contributed by atoms with Crippen LogP contribution in [0.1, 0.15) is 19.3 Å². The molecule has 0 saturated heterocycles. The molecule has 2 amide bonds. The van der Waals surface area contributed by atoms with E-state index in [1.54, 1.807) is 7.05 Å². The summed E-state index contributed by atoms with van der Waals surface area (Å²) >= 11 is 0. The van der Waals surface area contributed by atoms with Crippen LogP contribution in [0, 0.1) is 11.8 Å². The third-order valence-electron chi connectivity index (χ3n) is 4.30. The molecule has 0 aromatic carbocycles. The summed E-state index contributed by atoms with van der Waals surface area (Å²) in [6, 6.07) is 0.00998. The quantitative estimate of drug-likeness (QED) is 0.234. The van der Waals surface area contributed by atoms with Crippen LogP contribution in [0.2, 0.25) is 0 Å². The molecular formula is C15H29N3O6. The zero-order valence-electron chi connectivity index (χ0n) is 13.9. The zero-order valence-corrected chi connectivity index (χ0v) is 13.9. The number of hydrogen-bond acceptors (Lipinski definition) is 7. The average molecular weight is 347 g/mol. The molecule has 1 aliphatic carbocycles. The minimum absolute atomic E-state index is 0.00998. The van der Waals surface area contributed by atoms with Gasteiger partial charge < -0.3 is 36.4 Å². The summed E-state index contributed by atoms with van der Waals surface area (Å²) in [5.41, 5.74) is 0. The number of aliphatic hydroxyl groups excluding tert-OH is 4. The maximum atomic E-state index is 12.2. The molecule has 7 N–H and O–H groups in total. The Labute approximate surface area is 141 Å². The summed E-state index contributed by atoms with van der Waals surface area (Å²) in [4.78, 5) is 24.4. The van der Waals surface area contributed by atoms with Gasteiger partial charge in [0, 0.05) is 31.0 Å². The average Bonchev–Trinajstić information content (AvgIpc) is 2.62. The highest BCUT2D eigenvalue weighted by atomic mass is 16.3. The molecule has 0 aliphatic heterocycles. The Kier molecular flexibility index (Phi) is 9.16. The first-order valence-corrected chi connectivity index (χ1v) is 8.21. The summed E-state index contributed by atoms with van der Waals surface area (Å²) in [7, 11) is 1.77. The predicted octanol–water partition coefficient (Wildman–Crippen LogP) is -3.07. The van der Waals surface area contributed by atoms with Crippen molar-refractivity contribution in [3.8, 4) is 0 Å². The van der Waals surface area contributed by atoms with E-state index in [-0.39, 0.29) is 42.8 Å². The van der Waals surface area contributed by atoms with Crippen LogP contribution in [0.5, 0.6) is 0 Å². The van der Waals surface area contributed by atoms with Gasteiger partial charge >= 0.3 is 0 Å². The van der Waals surface area contributed by atoms with E-state index in [0.717, 1.165) is 0 Å². The van der Waals surface area contributed by atoms with Gasteiger partial charge in [0.15, 0.2) is 0 Å². The number of nitrogens with one attached hydrogen (secondary N) is 3. The van der Waals surface area contributed by atoms with Crippen LogP contribution < -0.4 is 16.0 Å². The lowest BCUT2D eigenvalue weighted by molar-refractivity contribution is -0.131. The molecule has 0 radical (unpaired) electrons. The molecule has 4 unspecified atom stereocenters. The van der Waals surface area contributed by atoms with Crippen molar-refractivity contribution in [3.63, 3.8) is 0 Å². The monoisotopic (exact) mass is 347 g/mol. The Morgan fingerprint density at radius 1 is 0.917 bits per heavy atom. The summed E-state index contributed by atoms with van der Waals surface area (Å²) < 4.78 is 0. The molecule has 9 heteroatoms. The van der Waals surface area contributed by atoms with E-state index in [2.05, 4.69) is 16.0 Å². The standard InChI is InChI=1S/C15H29N3O6/c1-16-11-3-9(14(23)17-5-12(21)7-19)2-10(4-11)15(24)18-6-13(22)8-20/h9-13,16,19-22H,2-8H2,1H3,(H,17,23)(H,18,24). The van der Waals surface area contributed by atoms with E-state index in [1.807, 2.05) is 0 Å². The third kappa shape index (κ3) is 6.70. The molecule has 1 fully saturated rings. The molecule has 9 nitrogen and oxygen atoms in total. The van der Waals surface area contributed by atoms with Gasteiger partial charge in [0.25, 0.3) is 0 Å². The number of carbonyl (C=O) groups excluding carboxylic acids is 2. The number of carbonyl (C=O) groups is 2. The summed E-state index contributed by atoms with van der Waals surface area (Å²) in [6.07, 6.45) is -0.463. The van der Waals surface area contributed by atoms with E-state index in [9.17, 15) is 19.8 Å². The van der Waals surface area contributed by atoms with Crippen molar-refractivity contribution in [1.82, 2.24) is 16.0 Å². The van der Waals surface area contributed by atoms with Crippen molar-refractivity contribution in [2.24, 2.45) is 11.8 Å². The largest absolute Gasteiger partial charge is 0.394 e. The molecule has 1 aliphatic rings. The third-order valence-corrected chi connectivity index (χ3v) is 4.30. The van der Waals surface area contributed by atoms with Crippen LogP contribution in [0.15, 0.2) is 0 Å². The van der Waals surface area contributed by atoms with Crippen molar-refractivity contribution in [3.05, 3.63) is 0 Å². The normalized spacial score (nSPS) is 26.5. The number of rotatable bonds is 9. The lowest BCUT2D eigenvalue weighted by Gasteiger charge is -2.33. The van der Waals surface area contributed by atoms with Gasteiger partial charge in [0.2, 0.25) is 11.8 Å². The van der Waals surface area contributed by atoms with Gasteiger partial charge in [-0.1, -0.05) is 0 Å². The van der Waals surface area contributed by atoms with E-state index in [1.165, 1.54) is 0 Å². The highest BCUT2D eigenvalue weighted by Gasteiger charge is 2.35. The first-order chi connectivity index (χ1) is 11.4. The first-order valence-electron chi connectivity index (χ1n) is 8.21. The van der Waals surface area contributed by atoms with Crippen molar-refractivity contribution >= 4 is 11.8 Å². The Balaban J connectivity index is 2.58. The van der Waals surface area contributed by atoms with Gasteiger partial charge in [-0.15, -0.1) is 0 Å². The molecule has 0 heterocycles. The fourth-order valence-electron chi connectivity index (χ4n) is 2.84. The maximum absolute atomic E-state index is 12.2. The van der Waals surface area contributed by atoms with Crippen LogP contribution in [0.4, 0.5) is 0 Å². The molecule has 0 spiro atoms. The van der Waals surface area contributed by atoms with Crippen LogP contribution >= 0.6 is 0 Å². The predicted molar refractivity (Wildman–Crippen MR) is 85.9 cm³/mol. The Hall–Kier alpha value is -1.26. The van der Waals surface area contributed by atoms with Crippen LogP contribution in [0.3, 0.4) is 0 Å². The Morgan fingerprint density at radius 2 is 1.33 bits per heavy atom.